The molecule has 0 aliphatic carbocycles. The van der Waals surface area contributed by atoms with Gasteiger partial charge in [0.15, 0.2) is 8.32 Å². The normalized spacial score (nSPS) is 14.6. The number of benzene rings is 2. The van der Waals surface area contributed by atoms with Crippen LogP contribution in [0.5, 0.6) is 11.5 Å². The SMILES string of the molecule is C[Si](C)(C)OC(=O)[C@H]([C@@H](O[Si](C)(C)C)c1cccc(Oc2ccccc2)c1)[Si](C)(C)C. The van der Waals surface area contributed by atoms with Gasteiger partial charge in [0, 0.05) is 0 Å². The number of rotatable bonds is 9. The van der Waals surface area contributed by atoms with E-state index in [-0.39, 0.29) is 17.6 Å². The van der Waals surface area contributed by atoms with E-state index in [1.54, 1.807) is 0 Å². The van der Waals surface area contributed by atoms with Crippen LogP contribution in [0.1, 0.15) is 11.7 Å². The van der Waals surface area contributed by atoms with Crippen molar-refractivity contribution in [2.75, 3.05) is 0 Å². The second-order valence-electron chi connectivity index (χ2n) is 11.0. The van der Waals surface area contributed by atoms with Crippen LogP contribution in [-0.4, -0.2) is 30.7 Å². The molecule has 0 N–H and O–H groups in total. The summed E-state index contributed by atoms with van der Waals surface area (Å²) in [5, 5.41) is 0. The zero-order valence-corrected chi connectivity index (χ0v) is 23.5. The highest BCUT2D eigenvalue weighted by Gasteiger charge is 2.44. The Labute approximate surface area is 191 Å². The van der Waals surface area contributed by atoms with Crippen molar-refractivity contribution in [1.82, 2.24) is 0 Å². The summed E-state index contributed by atoms with van der Waals surface area (Å²) in [6, 6.07) is 17.7. The molecule has 31 heavy (non-hydrogen) atoms. The second-order valence-corrected chi connectivity index (χ2v) is 25.3. The van der Waals surface area contributed by atoms with Crippen molar-refractivity contribution < 1.29 is 18.4 Å². The van der Waals surface area contributed by atoms with Crippen LogP contribution < -0.4 is 4.74 Å². The van der Waals surface area contributed by atoms with Crippen LogP contribution in [0.3, 0.4) is 0 Å². The lowest BCUT2D eigenvalue weighted by molar-refractivity contribution is -0.137. The van der Waals surface area contributed by atoms with E-state index in [0.29, 0.717) is 0 Å². The molecule has 0 aliphatic rings. The van der Waals surface area contributed by atoms with Crippen LogP contribution >= 0.6 is 0 Å². The van der Waals surface area contributed by atoms with Crippen LogP contribution in [0.2, 0.25) is 64.5 Å². The summed E-state index contributed by atoms with van der Waals surface area (Å²) in [6.07, 6.45) is -0.346. The molecule has 0 bridgehead atoms. The van der Waals surface area contributed by atoms with Crippen molar-refractivity contribution in [2.45, 2.75) is 70.6 Å². The quantitative estimate of drug-likeness (QED) is 0.354. The smallest absolute Gasteiger partial charge is 0.295 e. The first-order valence-electron chi connectivity index (χ1n) is 10.9. The van der Waals surface area contributed by atoms with Gasteiger partial charge < -0.3 is 13.6 Å². The summed E-state index contributed by atoms with van der Waals surface area (Å²) in [5.41, 5.74) is 0.675. The fraction of sp³-hybridized carbons (Fsp3) is 0.458. The molecule has 0 amide bonds. The Morgan fingerprint density at radius 1 is 0.742 bits per heavy atom. The van der Waals surface area contributed by atoms with Crippen molar-refractivity contribution in [1.29, 1.82) is 0 Å². The predicted octanol–water partition coefficient (Wildman–Crippen LogP) is 7.46. The molecule has 0 radical (unpaired) electrons. The summed E-state index contributed by atoms with van der Waals surface area (Å²) < 4.78 is 18.8. The number of ether oxygens (including phenoxy) is 1. The van der Waals surface area contributed by atoms with E-state index >= 15 is 0 Å². The molecule has 0 aromatic heterocycles. The molecule has 2 aromatic rings. The standard InChI is InChI=1S/C24H38O4Si3/c1-29(2,3)23(24(25)28-31(7,8)9)22(27-30(4,5)6)19-14-13-17-21(18-19)26-20-15-11-10-12-16-20/h10-18,22-23H,1-9H3/t22-,23-/m0/s1. The van der Waals surface area contributed by atoms with E-state index in [1.165, 1.54) is 0 Å². The molecule has 0 saturated carbocycles. The third-order valence-electron chi connectivity index (χ3n) is 4.54. The fourth-order valence-corrected chi connectivity index (χ4v) is 7.34. The molecular weight excluding hydrogens is 437 g/mol. The Hall–Kier alpha value is -1.68. The van der Waals surface area contributed by atoms with Gasteiger partial charge in [0.1, 0.15) is 11.5 Å². The lowest BCUT2D eigenvalue weighted by Crippen LogP contribution is -2.45. The maximum Gasteiger partial charge on any atom is 0.295 e. The van der Waals surface area contributed by atoms with E-state index in [0.717, 1.165) is 17.1 Å². The van der Waals surface area contributed by atoms with Crippen molar-refractivity contribution in [3.05, 3.63) is 60.2 Å². The minimum absolute atomic E-state index is 0.115. The first-order valence-corrected chi connectivity index (χ1v) is 21.3. The Bertz CT molecular complexity index is 865. The monoisotopic (exact) mass is 474 g/mol. The molecule has 2 rings (SSSR count). The first-order chi connectivity index (χ1) is 14.2. The summed E-state index contributed by atoms with van der Waals surface area (Å²) in [4.78, 5) is 13.4. The van der Waals surface area contributed by atoms with Crippen molar-refractivity contribution in [2.24, 2.45) is 0 Å². The van der Waals surface area contributed by atoms with Gasteiger partial charge in [0.2, 0.25) is 8.32 Å². The van der Waals surface area contributed by atoms with E-state index in [4.69, 9.17) is 13.6 Å². The zero-order chi connectivity index (χ0) is 23.4. The van der Waals surface area contributed by atoms with Gasteiger partial charge in [-0.25, -0.2) is 0 Å². The highest BCUT2D eigenvalue weighted by molar-refractivity contribution is 6.81. The van der Waals surface area contributed by atoms with Crippen molar-refractivity contribution in [3.63, 3.8) is 0 Å². The van der Waals surface area contributed by atoms with Crippen LogP contribution in [0.15, 0.2) is 54.6 Å². The number of carbonyl (C=O) groups is 1. The first kappa shape index (κ1) is 25.6. The molecule has 0 aliphatic heterocycles. The van der Waals surface area contributed by atoms with Crippen LogP contribution in [-0.2, 0) is 13.6 Å². The lowest BCUT2D eigenvalue weighted by atomic mass is 10.1. The lowest BCUT2D eigenvalue weighted by Gasteiger charge is -2.39. The van der Waals surface area contributed by atoms with Gasteiger partial charge in [0.25, 0.3) is 5.97 Å². The van der Waals surface area contributed by atoms with Crippen LogP contribution in [0.25, 0.3) is 0 Å². The van der Waals surface area contributed by atoms with Crippen molar-refractivity contribution >= 4 is 30.7 Å². The van der Waals surface area contributed by atoms with Gasteiger partial charge in [-0.3, -0.25) is 4.79 Å². The minimum atomic E-state index is -2.03. The Balaban J connectivity index is 2.49. The molecule has 4 nitrogen and oxygen atoms in total. The Kier molecular flexibility index (Phi) is 8.13. The van der Waals surface area contributed by atoms with E-state index in [1.807, 2.05) is 54.6 Å². The molecule has 0 saturated heterocycles. The molecule has 0 unspecified atom stereocenters. The Morgan fingerprint density at radius 2 is 1.32 bits per heavy atom. The van der Waals surface area contributed by atoms with Crippen molar-refractivity contribution in [3.8, 4) is 11.5 Å². The maximum absolute atomic E-state index is 13.4. The summed E-state index contributed by atoms with van der Waals surface area (Å²) in [6.45, 7) is 19.3. The van der Waals surface area contributed by atoms with E-state index < -0.39 is 24.7 Å². The van der Waals surface area contributed by atoms with Gasteiger partial charge in [-0.1, -0.05) is 50.0 Å². The minimum Gasteiger partial charge on any atom is -0.520 e. The molecule has 0 fully saturated rings. The molecule has 0 spiro atoms. The number of hydrogen-bond acceptors (Lipinski definition) is 4. The zero-order valence-electron chi connectivity index (χ0n) is 20.5. The number of para-hydroxylation sites is 1. The highest BCUT2D eigenvalue weighted by atomic mass is 28.4. The summed E-state index contributed by atoms with van der Waals surface area (Å²) in [7, 11) is -5.96. The molecule has 7 heteroatoms. The second kappa shape index (κ2) is 9.85. The topological polar surface area (TPSA) is 44.8 Å². The molecule has 2 atom stereocenters. The molecule has 170 valence electrons. The van der Waals surface area contributed by atoms with Crippen LogP contribution in [0.4, 0.5) is 0 Å². The highest BCUT2D eigenvalue weighted by Crippen LogP contribution is 2.42. The summed E-state index contributed by atoms with van der Waals surface area (Å²) >= 11 is 0. The molecular formula is C24H38O4Si3. The van der Waals surface area contributed by atoms with E-state index in [2.05, 4.69) is 58.9 Å². The molecule has 0 heterocycles. The van der Waals surface area contributed by atoms with Gasteiger partial charge in [-0.15, -0.1) is 0 Å². The van der Waals surface area contributed by atoms with Crippen LogP contribution in [0, 0.1) is 0 Å². The number of hydrogen-bond donors (Lipinski definition) is 0. The predicted molar refractivity (Wildman–Crippen MR) is 137 cm³/mol. The fourth-order valence-electron chi connectivity index (χ4n) is 3.39. The third kappa shape index (κ3) is 8.40. The van der Waals surface area contributed by atoms with E-state index in [9.17, 15) is 4.79 Å². The third-order valence-corrected chi connectivity index (χ3v) is 8.72. The van der Waals surface area contributed by atoms with Gasteiger partial charge in [-0.2, -0.15) is 0 Å². The van der Waals surface area contributed by atoms with Gasteiger partial charge in [-0.05, 0) is 69.1 Å². The van der Waals surface area contributed by atoms with Gasteiger partial charge in [0.05, 0.1) is 19.7 Å². The maximum atomic E-state index is 13.4. The largest absolute Gasteiger partial charge is 0.520 e. The molecule has 2 aromatic carbocycles. The summed E-state index contributed by atoms with van der Waals surface area (Å²) in [5.74, 6) is 1.40. The average Bonchev–Trinajstić information content (AvgIpc) is 2.58. The average molecular weight is 475 g/mol. The number of carbonyl (C=O) groups excluding carboxylic acids is 1. The van der Waals surface area contributed by atoms with Gasteiger partial charge >= 0.3 is 0 Å². The Morgan fingerprint density at radius 3 is 1.84 bits per heavy atom.